The van der Waals surface area contributed by atoms with Gasteiger partial charge in [-0.1, -0.05) is 0 Å². The normalized spacial score (nSPS) is 23.7. The number of anilines is 1. The summed E-state index contributed by atoms with van der Waals surface area (Å²) in [5, 5.41) is 0. The van der Waals surface area contributed by atoms with Crippen molar-refractivity contribution < 1.29 is 4.79 Å². The van der Waals surface area contributed by atoms with E-state index in [1.54, 1.807) is 6.33 Å². The zero-order valence-electron chi connectivity index (χ0n) is 15.4. The first-order chi connectivity index (χ1) is 12.7. The number of rotatable bonds is 4. The van der Waals surface area contributed by atoms with E-state index in [2.05, 4.69) is 37.7 Å². The SMILES string of the molecule is Cc1cnccc1N1CCCC2(CCC(=O)N(CCc3cnc[nH]3)C2)C1. The number of aromatic amines is 1. The predicted molar refractivity (Wildman–Crippen MR) is 101 cm³/mol. The Morgan fingerprint density at radius 3 is 2.96 bits per heavy atom. The van der Waals surface area contributed by atoms with Crippen LogP contribution in [0.5, 0.6) is 0 Å². The minimum atomic E-state index is 0.218. The fraction of sp³-hybridized carbons (Fsp3) is 0.550. The van der Waals surface area contributed by atoms with Gasteiger partial charge in [0.05, 0.1) is 6.33 Å². The number of aryl methyl sites for hydroxylation is 1. The molecule has 0 radical (unpaired) electrons. The van der Waals surface area contributed by atoms with Gasteiger partial charge in [-0.05, 0) is 37.8 Å². The number of amides is 1. The maximum atomic E-state index is 12.5. The first kappa shape index (κ1) is 17.1. The van der Waals surface area contributed by atoms with Crippen LogP contribution < -0.4 is 4.90 Å². The van der Waals surface area contributed by atoms with Gasteiger partial charge in [0, 0.05) is 74.4 Å². The van der Waals surface area contributed by atoms with Gasteiger partial charge in [-0.15, -0.1) is 0 Å². The van der Waals surface area contributed by atoms with Crippen LogP contribution in [0.3, 0.4) is 0 Å². The van der Waals surface area contributed by atoms with Gasteiger partial charge in [0.25, 0.3) is 0 Å². The molecular formula is C20H27N5O. The van der Waals surface area contributed by atoms with Crippen molar-refractivity contribution >= 4 is 11.6 Å². The molecule has 1 amide bonds. The summed E-state index contributed by atoms with van der Waals surface area (Å²) in [4.78, 5) is 28.5. The standard InChI is InChI=1S/C20H27N5O/c1-16-11-21-8-4-18(16)24-9-2-6-20(13-24)7-3-19(26)25(14-20)10-5-17-12-22-15-23-17/h4,8,11-12,15H,2-3,5-7,9-10,13-14H2,1H3,(H,22,23). The number of nitrogens with one attached hydrogen (secondary N) is 1. The third-order valence-electron chi connectivity index (χ3n) is 5.95. The van der Waals surface area contributed by atoms with Crippen molar-refractivity contribution in [2.24, 2.45) is 5.41 Å². The summed E-state index contributed by atoms with van der Waals surface area (Å²) >= 11 is 0. The minimum absolute atomic E-state index is 0.218. The Bertz CT molecular complexity index is 759. The Balaban J connectivity index is 1.46. The Labute approximate surface area is 154 Å². The molecule has 0 aliphatic carbocycles. The summed E-state index contributed by atoms with van der Waals surface area (Å²) < 4.78 is 0. The van der Waals surface area contributed by atoms with Gasteiger partial charge >= 0.3 is 0 Å². The molecule has 4 rings (SSSR count). The van der Waals surface area contributed by atoms with Crippen molar-refractivity contribution in [2.45, 2.75) is 39.0 Å². The topological polar surface area (TPSA) is 65.1 Å². The molecular weight excluding hydrogens is 326 g/mol. The van der Waals surface area contributed by atoms with Crippen molar-refractivity contribution in [1.29, 1.82) is 0 Å². The molecule has 0 aromatic carbocycles. The van der Waals surface area contributed by atoms with Crippen molar-refractivity contribution in [3.05, 3.63) is 42.2 Å². The number of carbonyl (C=O) groups excluding carboxylic acids is 1. The van der Waals surface area contributed by atoms with E-state index in [9.17, 15) is 4.79 Å². The fourth-order valence-corrected chi connectivity index (χ4v) is 4.55. The lowest BCUT2D eigenvalue weighted by Crippen LogP contribution is -2.54. The summed E-state index contributed by atoms with van der Waals surface area (Å²) in [7, 11) is 0. The molecule has 1 spiro atoms. The number of aromatic nitrogens is 3. The lowest BCUT2D eigenvalue weighted by atomic mass is 9.73. The number of hydrogen-bond acceptors (Lipinski definition) is 4. The van der Waals surface area contributed by atoms with Crippen LogP contribution in [-0.2, 0) is 11.2 Å². The predicted octanol–water partition coefficient (Wildman–Crippen LogP) is 2.56. The van der Waals surface area contributed by atoms with Gasteiger partial charge in [-0.3, -0.25) is 9.78 Å². The van der Waals surface area contributed by atoms with E-state index in [4.69, 9.17) is 0 Å². The van der Waals surface area contributed by atoms with Crippen LogP contribution in [0.1, 0.15) is 36.9 Å². The molecule has 4 heterocycles. The molecule has 1 atom stereocenters. The minimum Gasteiger partial charge on any atom is -0.371 e. The van der Waals surface area contributed by atoms with Gasteiger partial charge in [-0.2, -0.15) is 0 Å². The molecule has 0 bridgehead atoms. The van der Waals surface area contributed by atoms with Crippen molar-refractivity contribution in [3.63, 3.8) is 0 Å². The third kappa shape index (κ3) is 3.45. The smallest absolute Gasteiger partial charge is 0.222 e. The monoisotopic (exact) mass is 353 g/mol. The number of hydrogen-bond donors (Lipinski definition) is 1. The van der Waals surface area contributed by atoms with E-state index >= 15 is 0 Å². The second-order valence-corrected chi connectivity index (χ2v) is 7.83. The van der Waals surface area contributed by atoms with Crippen LogP contribution >= 0.6 is 0 Å². The number of imidazole rings is 1. The highest BCUT2D eigenvalue weighted by Gasteiger charge is 2.41. The van der Waals surface area contributed by atoms with Crippen molar-refractivity contribution in [2.75, 3.05) is 31.1 Å². The Kier molecular flexibility index (Phi) is 4.66. The molecule has 1 N–H and O–H groups in total. The van der Waals surface area contributed by atoms with Crippen LogP contribution in [0.4, 0.5) is 5.69 Å². The highest BCUT2D eigenvalue weighted by Crippen LogP contribution is 2.40. The summed E-state index contributed by atoms with van der Waals surface area (Å²) in [6, 6.07) is 2.12. The Morgan fingerprint density at radius 1 is 1.23 bits per heavy atom. The van der Waals surface area contributed by atoms with E-state index in [-0.39, 0.29) is 5.41 Å². The van der Waals surface area contributed by atoms with E-state index in [0.29, 0.717) is 12.3 Å². The number of H-pyrrole nitrogens is 1. The molecule has 2 aliphatic rings. The molecule has 2 aliphatic heterocycles. The highest BCUT2D eigenvalue weighted by atomic mass is 16.2. The number of piperidine rings is 2. The zero-order chi connectivity index (χ0) is 18.0. The highest BCUT2D eigenvalue weighted by molar-refractivity contribution is 5.77. The van der Waals surface area contributed by atoms with Crippen LogP contribution in [0.2, 0.25) is 0 Å². The number of likely N-dealkylation sites (tertiary alicyclic amines) is 1. The second-order valence-electron chi connectivity index (χ2n) is 7.83. The molecule has 6 nitrogen and oxygen atoms in total. The average Bonchev–Trinajstić information content (AvgIpc) is 3.17. The molecule has 2 aromatic heterocycles. The molecule has 26 heavy (non-hydrogen) atoms. The van der Waals surface area contributed by atoms with E-state index in [0.717, 1.165) is 44.7 Å². The van der Waals surface area contributed by atoms with Crippen molar-refractivity contribution in [1.82, 2.24) is 19.9 Å². The van der Waals surface area contributed by atoms with Gasteiger partial charge in [0.2, 0.25) is 5.91 Å². The summed E-state index contributed by atoms with van der Waals surface area (Å²) in [5.74, 6) is 0.298. The number of carbonyl (C=O) groups is 1. The fourth-order valence-electron chi connectivity index (χ4n) is 4.55. The molecule has 1 unspecified atom stereocenters. The van der Waals surface area contributed by atoms with E-state index in [1.807, 2.05) is 18.6 Å². The first-order valence-corrected chi connectivity index (χ1v) is 9.56. The van der Waals surface area contributed by atoms with E-state index < -0.39 is 0 Å². The van der Waals surface area contributed by atoms with Crippen molar-refractivity contribution in [3.8, 4) is 0 Å². The second kappa shape index (κ2) is 7.09. The lowest BCUT2D eigenvalue weighted by Gasteiger charge is -2.49. The van der Waals surface area contributed by atoms with E-state index in [1.165, 1.54) is 24.1 Å². The molecule has 2 saturated heterocycles. The lowest BCUT2D eigenvalue weighted by molar-refractivity contribution is -0.137. The molecule has 2 fully saturated rings. The third-order valence-corrected chi connectivity index (χ3v) is 5.95. The quantitative estimate of drug-likeness (QED) is 0.917. The van der Waals surface area contributed by atoms with Crippen LogP contribution in [0, 0.1) is 12.3 Å². The summed E-state index contributed by atoms with van der Waals surface area (Å²) in [6.07, 6.45) is 12.3. The van der Waals surface area contributed by atoms with Crippen LogP contribution in [-0.4, -0.2) is 51.9 Å². The van der Waals surface area contributed by atoms with Crippen LogP contribution in [0.25, 0.3) is 0 Å². The Morgan fingerprint density at radius 2 is 2.15 bits per heavy atom. The summed E-state index contributed by atoms with van der Waals surface area (Å²) in [6.45, 7) is 5.91. The van der Waals surface area contributed by atoms with Gasteiger partial charge in [0.1, 0.15) is 0 Å². The maximum Gasteiger partial charge on any atom is 0.222 e. The van der Waals surface area contributed by atoms with Gasteiger partial charge < -0.3 is 14.8 Å². The van der Waals surface area contributed by atoms with Crippen LogP contribution in [0.15, 0.2) is 31.0 Å². The largest absolute Gasteiger partial charge is 0.371 e. The number of pyridine rings is 1. The van der Waals surface area contributed by atoms with Gasteiger partial charge in [0.15, 0.2) is 0 Å². The molecule has 0 saturated carbocycles. The maximum absolute atomic E-state index is 12.5. The zero-order valence-corrected chi connectivity index (χ0v) is 15.4. The molecule has 138 valence electrons. The summed E-state index contributed by atoms with van der Waals surface area (Å²) in [5.41, 5.74) is 3.83. The number of nitrogens with zero attached hydrogens (tertiary/aromatic N) is 4. The molecule has 2 aromatic rings. The first-order valence-electron chi connectivity index (χ1n) is 9.56. The Hall–Kier alpha value is -2.37. The molecule has 6 heteroatoms. The van der Waals surface area contributed by atoms with Gasteiger partial charge in [-0.25, -0.2) is 4.98 Å². The average molecular weight is 353 g/mol.